The van der Waals surface area contributed by atoms with Crippen molar-refractivity contribution in [2.24, 2.45) is 20.0 Å². The summed E-state index contributed by atoms with van der Waals surface area (Å²) in [6.07, 6.45) is 0.742. The van der Waals surface area contributed by atoms with Crippen molar-refractivity contribution in [3.05, 3.63) is 56.7 Å². The van der Waals surface area contributed by atoms with Gasteiger partial charge in [0.25, 0.3) is 5.56 Å². The van der Waals surface area contributed by atoms with Crippen LogP contribution < -0.4 is 11.2 Å². The van der Waals surface area contributed by atoms with E-state index < -0.39 is 0 Å². The molecule has 0 radical (unpaired) electrons. The second kappa shape index (κ2) is 8.18. The van der Waals surface area contributed by atoms with Gasteiger partial charge in [0.15, 0.2) is 22.1 Å². The van der Waals surface area contributed by atoms with Crippen molar-refractivity contribution in [3.63, 3.8) is 0 Å². The standard InChI is InChI=1S/C20H24N4O3S/c1-13(2)10-11-24-18(26)16-17(23(4)20(24)27)21-19(22(16)3)28-12-15(25)14-8-6-5-7-9-14/h5-9,13H,10-12H2,1-4H3. The summed E-state index contributed by atoms with van der Waals surface area (Å²) < 4.78 is 4.35. The predicted octanol–water partition coefficient (Wildman–Crippen LogP) is 2.45. The third-order valence-corrected chi connectivity index (χ3v) is 5.71. The first-order valence-corrected chi connectivity index (χ1v) is 10.2. The number of ketones is 1. The number of rotatable bonds is 7. The lowest BCUT2D eigenvalue weighted by molar-refractivity contribution is 0.102. The van der Waals surface area contributed by atoms with Crippen molar-refractivity contribution in [1.82, 2.24) is 18.7 Å². The summed E-state index contributed by atoms with van der Waals surface area (Å²) in [5, 5.41) is 0.535. The van der Waals surface area contributed by atoms with E-state index in [0.717, 1.165) is 6.42 Å². The average Bonchev–Trinajstić information content (AvgIpc) is 3.01. The smallest absolute Gasteiger partial charge is 0.316 e. The van der Waals surface area contributed by atoms with Crippen LogP contribution in [-0.2, 0) is 20.6 Å². The summed E-state index contributed by atoms with van der Waals surface area (Å²) in [6.45, 7) is 4.48. The maximum Gasteiger partial charge on any atom is 0.332 e. The van der Waals surface area contributed by atoms with Crippen LogP contribution in [0.2, 0.25) is 0 Å². The minimum absolute atomic E-state index is 0.0131. The highest BCUT2D eigenvalue weighted by Crippen LogP contribution is 2.21. The minimum atomic E-state index is -0.367. The van der Waals surface area contributed by atoms with Crippen LogP contribution >= 0.6 is 11.8 Å². The highest BCUT2D eigenvalue weighted by molar-refractivity contribution is 7.99. The van der Waals surface area contributed by atoms with Crippen LogP contribution in [-0.4, -0.2) is 30.2 Å². The summed E-state index contributed by atoms with van der Waals surface area (Å²) in [4.78, 5) is 42.3. The summed E-state index contributed by atoms with van der Waals surface area (Å²) in [5.41, 5.74) is 0.647. The topological polar surface area (TPSA) is 78.9 Å². The molecule has 0 spiro atoms. The number of Topliss-reactive ketones (excluding diaryl/α,β-unsaturated/α-hetero) is 1. The Morgan fingerprint density at radius 3 is 2.43 bits per heavy atom. The molecular formula is C20H24N4O3S. The van der Waals surface area contributed by atoms with Crippen molar-refractivity contribution in [3.8, 4) is 0 Å². The summed E-state index contributed by atoms with van der Waals surface area (Å²) >= 11 is 1.26. The molecule has 8 heteroatoms. The maximum atomic E-state index is 12.9. The van der Waals surface area contributed by atoms with E-state index >= 15 is 0 Å². The van der Waals surface area contributed by atoms with E-state index in [4.69, 9.17) is 0 Å². The Labute approximate surface area is 167 Å². The number of imidazole rings is 1. The fourth-order valence-electron chi connectivity index (χ4n) is 2.97. The zero-order valence-electron chi connectivity index (χ0n) is 16.5. The second-order valence-electron chi connectivity index (χ2n) is 7.18. The summed E-state index contributed by atoms with van der Waals surface area (Å²) in [7, 11) is 3.36. The lowest BCUT2D eigenvalue weighted by atomic mass is 10.1. The monoisotopic (exact) mass is 400 g/mol. The van der Waals surface area contributed by atoms with E-state index in [1.54, 1.807) is 30.8 Å². The molecule has 0 saturated heterocycles. The third-order valence-electron chi connectivity index (χ3n) is 4.68. The van der Waals surface area contributed by atoms with E-state index in [1.165, 1.54) is 20.9 Å². The van der Waals surface area contributed by atoms with Crippen molar-refractivity contribution < 1.29 is 4.79 Å². The van der Waals surface area contributed by atoms with Gasteiger partial charge < -0.3 is 4.57 Å². The Hall–Kier alpha value is -2.61. The van der Waals surface area contributed by atoms with Crippen molar-refractivity contribution >= 4 is 28.7 Å². The number of carbonyl (C=O) groups excluding carboxylic acids is 1. The highest BCUT2D eigenvalue weighted by Gasteiger charge is 2.19. The van der Waals surface area contributed by atoms with Crippen LogP contribution in [0.25, 0.3) is 11.2 Å². The van der Waals surface area contributed by atoms with Crippen LogP contribution in [0.1, 0.15) is 30.6 Å². The lowest BCUT2D eigenvalue weighted by Gasteiger charge is -2.09. The van der Waals surface area contributed by atoms with Crippen molar-refractivity contribution in [1.29, 1.82) is 0 Å². The number of carbonyl (C=O) groups is 1. The van der Waals surface area contributed by atoms with Crippen LogP contribution in [0, 0.1) is 5.92 Å². The quantitative estimate of drug-likeness (QED) is 0.450. The molecule has 2 aromatic heterocycles. The van der Waals surface area contributed by atoms with Gasteiger partial charge in [0.05, 0.1) is 5.75 Å². The van der Waals surface area contributed by atoms with Crippen LogP contribution in [0.4, 0.5) is 0 Å². The molecule has 0 atom stereocenters. The van der Waals surface area contributed by atoms with Gasteiger partial charge in [-0.2, -0.15) is 0 Å². The van der Waals surface area contributed by atoms with E-state index in [-0.39, 0.29) is 22.8 Å². The Morgan fingerprint density at radius 2 is 1.79 bits per heavy atom. The van der Waals surface area contributed by atoms with Gasteiger partial charge in [-0.3, -0.25) is 18.7 Å². The third kappa shape index (κ3) is 3.82. The maximum absolute atomic E-state index is 12.9. The molecule has 0 aliphatic carbocycles. The summed E-state index contributed by atoms with van der Waals surface area (Å²) in [5.74, 6) is 0.575. The Kier molecular flexibility index (Phi) is 5.88. The molecule has 0 aliphatic rings. The molecule has 0 unspecified atom stereocenters. The van der Waals surface area contributed by atoms with E-state index in [2.05, 4.69) is 18.8 Å². The molecule has 28 heavy (non-hydrogen) atoms. The van der Waals surface area contributed by atoms with Crippen molar-refractivity contribution in [2.75, 3.05) is 5.75 Å². The molecular weight excluding hydrogens is 376 g/mol. The predicted molar refractivity (Wildman–Crippen MR) is 111 cm³/mol. The van der Waals surface area contributed by atoms with Gasteiger partial charge >= 0.3 is 5.69 Å². The molecule has 0 aliphatic heterocycles. The number of aromatic nitrogens is 4. The molecule has 0 N–H and O–H groups in total. The fraction of sp³-hybridized carbons (Fsp3) is 0.400. The molecule has 3 rings (SSSR count). The number of fused-ring (bicyclic) bond motifs is 1. The second-order valence-corrected chi connectivity index (χ2v) is 8.13. The zero-order valence-corrected chi connectivity index (χ0v) is 17.3. The van der Waals surface area contributed by atoms with Gasteiger partial charge in [-0.05, 0) is 12.3 Å². The first-order chi connectivity index (χ1) is 13.3. The Bertz CT molecular complexity index is 1130. The Balaban J connectivity index is 1.95. The van der Waals surface area contributed by atoms with Gasteiger partial charge in [-0.25, -0.2) is 9.78 Å². The van der Waals surface area contributed by atoms with E-state index in [1.807, 2.05) is 18.2 Å². The molecule has 0 amide bonds. The van der Waals surface area contributed by atoms with Crippen LogP contribution in [0.3, 0.4) is 0 Å². The largest absolute Gasteiger partial charge is 0.332 e. The molecule has 0 fully saturated rings. The number of hydrogen-bond acceptors (Lipinski definition) is 5. The van der Waals surface area contributed by atoms with Crippen molar-refractivity contribution in [2.45, 2.75) is 32.0 Å². The van der Waals surface area contributed by atoms with E-state index in [0.29, 0.717) is 34.3 Å². The molecule has 148 valence electrons. The number of aryl methyl sites for hydroxylation is 2. The first-order valence-electron chi connectivity index (χ1n) is 9.18. The number of thioether (sulfide) groups is 1. The lowest BCUT2D eigenvalue weighted by Crippen LogP contribution is -2.39. The molecule has 3 aromatic rings. The minimum Gasteiger partial charge on any atom is -0.316 e. The normalized spacial score (nSPS) is 11.5. The SMILES string of the molecule is CC(C)CCn1c(=O)c2c(nc(SCC(=O)c3ccccc3)n2C)n(C)c1=O. The van der Waals surface area contributed by atoms with Gasteiger partial charge in [0, 0.05) is 26.2 Å². The molecule has 0 saturated carbocycles. The highest BCUT2D eigenvalue weighted by atomic mass is 32.2. The molecule has 7 nitrogen and oxygen atoms in total. The molecule has 2 heterocycles. The molecule has 0 bridgehead atoms. The number of hydrogen-bond donors (Lipinski definition) is 0. The number of benzene rings is 1. The van der Waals surface area contributed by atoms with Gasteiger partial charge in [-0.15, -0.1) is 0 Å². The van der Waals surface area contributed by atoms with Crippen LogP contribution in [0.15, 0.2) is 45.1 Å². The average molecular weight is 401 g/mol. The first kappa shape index (κ1) is 20.1. The fourth-order valence-corrected chi connectivity index (χ4v) is 3.84. The zero-order chi connectivity index (χ0) is 20.4. The molecule has 1 aromatic carbocycles. The van der Waals surface area contributed by atoms with Gasteiger partial charge in [-0.1, -0.05) is 55.9 Å². The van der Waals surface area contributed by atoms with E-state index in [9.17, 15) is 14.4 Å². The van der Waals surface area contributed by atoms with Crippen LogP contribution in [0.5, 0.6) is 0 Å². The van der Waals surface area contributed by atoms with Gasteiger partial charge in [0.2, 0.25) is 0 Å². The Morgan fingerprint density at radius 1 is 1.11 bits per heavy atom. The van der Waals surface area contributed by atoms with Gasteiger partial charge in [0.1, 0.15) is 0 Å². The summed E-state index contributed by atoms with van der Waals surface area (Å²) in [6, 6.07) is 9.05. The number of nitrogens with zero attached hydrogens (tertiary/aromatic N) is 4.